The van der Waals surface area contributed by atoms with Crippen LogP contribution in [-0.4, -0.2) is 26.4 Å². The Labute approximate surface area is 103 Å². The van der Waals surface area contributed by atoms with Gasteiger partial charge in [-0.3, -0.25) is 4.98 Å². The first-order valence-corrected chi connectivity index (χ1v) is 5.84. The summed E-state index contributed by atoms with van der Waals surface area (Å²) < 4.78 is 7.28. The van der Waals surface area contributed by atoms with E-state index in [2.05, 4.69) is 21.1 Å². The normalized spacial score (nSPS) is 13.6. The Morgan fingerprint density at radius 1 is 1.22 bits per heavy atom. The van der Waals surface area contributed by atoms with Gasteiger partial charge in [-0.2, -0.15) is 10.1 Å². The third-order valence-electron chi connectivity index (χ3n) is 3.12. The number of rotatable bonds is 1. The molecule has 0 fully saturated rings. The second-order valence-electron chi connectivity index (χ2n) is 4.17. The minimum Gasteiger partial charge on any atom is -0.477 e. The first-order valence-electron chi connectivity index (χ1n) is 5.84. The number of fused-ring (bicyclic) bond motifs is 3. The van der Waals surface area contributed by atoms with E-state index >= 15 is 0 Å². The molecule has 0 aromatic carbocycles. The van der Waals surface area contributed by atoms with E-state index in [9.17, 15) is 0 Å². The predicted molar refractivity (Wildman–Crippen MR) is 65.9 cm³/mol. The van der Waals surface area contributed by atoms with Gasteiger partial charge in [0.05, 0.1) is 6.61 Å². The molecular formula is C13H10N4O. The highest BCUT2D eigenvalue weighted by Gasteiger charge is 2.21. The topological polar surface area (TPSA) is 52.8 Å². The van der Waals surface area contributed by atoms with Gasteiger partial charge in [0.1, 0.15) is 5.52 Å². The maximum Gasteiger partial charge on any atom is 0.219 e. The van der Waals surface area contributed by atoms with Crippen LogP contribution in [0, 0.1) is 0 Å². The van der Waals surface area contributed by atoms with E-state index < -0.39 is 0 Å². The summed E-state index contributed by atoms with van der Waals surface area (Å²) in [7, 11) is 0. The lowest BCUT2D eigenvalue weighted by Gasteiger charge is -2.08. The fourth-order valence-corrected chi connectivity index (χ4v) is 2.32. The van der Waals surface area contributed by atoms with Gasteiger partial charge in [0.25, 0.3) is 0 Å². The highest BCUT2D eigenvalue weighted by atomic mass is 16.5. The lowest BCUT2D eigenvalue weighted by atomic mass is 10.1. The Bertz CT molecular complexity index is 721. The van der Waals surface area contributed by atoms with Crippen molar-refractivity contribution in [3.05, 3.63) is 42.4 Å². The van der Waals surface area contributed by atoms with Gasteiger partial charge in [0.2, 0.25) is 5.88 Å². The summed E-state index contributed by atoms with van der Waals surface area (Å²) in [5, 5.41) is 5.32. The molecule has 0 bridgehead atoms. The molecule has 0 spiro atoms. The molecule has 4 rings (SSSR count). The molecule has 5 heteroatoms. The number of hydrogen-bond donors (Lipinski definition) is 0. The maximum absolute atomic E-state index is 5.57. The molecule has 0 aliphatic carbocycles. The fraction of sp³-hybridized carbons (Fsp3) is 0.154. The lowest BCUT2D eigenvalue weighted by Crippen LogP contribution is -2.02. The first kappa shape index (κ1) is 9.58. The molecule has 0 saturated heterocycles. The lowest BCUT2D eigenvalue weighted by molar-refractivity contribution is 0.344. The molecule has 18 heavy (non-hydrogen) atoms. The summed E-state index contributed by atoms with van der Waals surface area (Å²) in [6.07, 6.45) is 6.26. The first-order chi connectivity index (χ1) is 8.93. The highest BCUT2D eigenvalue weighted by Crippen LogP contribution is 2.32. The molecule has 3 aromatic rings. The predicted octanol–water partition coefficient (Wildman–Crippen LogP) is 1.75. The summed E-state index contributed by atoms with van der Waals surface area (Å²) in [4.78, 5) is 8.98. The molecule has 4 heterocycles. The van der Waals surface area contributed by atoms with E-state index in [1.807, 2.05) is 18.3 Å². The highest BCUT2D eigenvalue weighted by molar-refractivity contribution is 5.89. The monoisotopic (exact) mass is 238 g/mol. The Balaban J connectivity index is 2.12. The minimum atomic E-state index is 0.689. The minimum absolute atomic E-state index is 0.689. The van der Waals surface area contributed by atoms with Crippen LogP contribution in [0.5, 0.6) is 5.88 Å². The van der Waals surface area contributed by atoms with Gasteiger partial charge >= 0.3 is 0 Å². The zero-order valence-electron chi connectivity index (χ0n) is 9.58. The van der Waals surface area contributed by atoms with E-state index in [0.29, 0.717) is 12.5 Å². The third kappa shape index (κ3) is 1.24. The molecule has 0 atom stereocenters. The summed E-state index contributed by atoms with van der Waals surface area (Å²) in [5.41, 5.74) is 2.01. The average Bonchev–Trinajstić information content (AvgIpc) is 3.09. The van der Waals surface area contributed by atoms with E-state index in [1.165, 1.54) is 0 Å². The van der Waals surface area contributed by atoms with Crippen molar-refractivity contribution in [2.75, 3.05) is 6.61 Å². The van der Waals surface area contributed by atoms with E-state index in [0.717, 1.165) is 28.7 Å². The maximum atomic E-state index is 5.57. The van der Waals surface area contributed by atoms with Crippen LogP contribution in [-0.2, 0) is 6.42 Å². The van der Waals surface area contributed by atoms with Crippen LogP contribution in [0.25, 0.3) is 16.7 Å². The van der Waals surface area contributed by atoms with Crippen molar-refractivity contribution in [1.29, 1.82) is 0 Å². The smallest absolute Gasteiger partial charge is 0.219 e. The van der Waals surface area contributed by atoms with Crippen LogP contribution < -0.4 is 4.74 Å². The van der Waals surface area contributed by atoms with Crippen molar-refractivity contribution in [2.45, 2.75) is 6.42 Å². The molecule has 0 unspecified atom stereocenters. The second kappa shape index (κ2) is 3.53. The van der Waals surface area contributed by atoms with Crippen molar-refractivity contribution in [1.82, 2.24) is 19.7 Å². The van der Waals surface area contributed by atoms with Gasteiger partial charge in [-0.15, -0.1) is 0 Å². The van der Waals surface area contributed by atoms with E-state index in [-0.39, 0.29) is 0 Å². The van der Waals surface area contributed by atoms with Crippen LogP contribution in [0.1, 0.15) is 5.56 Å². The number of aromatic nitrogens is 4. The Morgan fingerprint density at radius 2 is 2.22 bits per heavy atom. The van der Waals surface area contributed by atoms with Gasteiger partial charge < -0.3 is 4.74 Å². The summed E-state index contributed by atoms with van der Waals surface area (Å²) >= 11 is 0. The summed E-state index contributed by atoms with van der Waals surface area (Å²) in [6, 6.07) is 5.86. The quantitative estimate of drug-likeness (QED) is 0.648. The number of nitrogens with zero attached hydrogens (tertiary/aromatic N) is 4. The molecule has 1 aliphatic rings. The zero-order valence-corrected chi connectivity index (χ0v) is 9.58. The molecule has 0 saturated carbocycles. The van der Waals surface area contributed by atoms with Crippen LogP contribution in [0.15, 0.2) is 36.8 Å². The van der Waals surface area contributed by atoms with Gasteiger partial charge in [-0.25, -0.2) is 4.68 Å². The molecule has 5 nitrogen and oxygen atoms in total. The fourth-order valence-electron chi connectivity index (χ4n) is 2.32. The Kier molecular flexibility index (Phi) is 1.88. The Morgan fingerprint density at radius 3 is 3.11 bits per heavy atom. The van der Waals surface area contributed by atoms with Crippen LogP contribution >= 0.6 is 0 Å². The standard InChI is InChI=1S/C13H10N4O/c1-3-9-10-4-8-18-13(10)16-12(11(9)14-5-1)17-7-2-6-15-17/h1-3,5-7H,4,8H2. The van der Waals surface area contributed by atoms with Crippen LogP contribution in [0.4, 0.5) is 0 Å². The molecule has 88 valence electrons. The zero-order chi connectivity index (χ0) is 11.9. The number of ether oxygens (including phenoxy) is 1. The van der Waals surface area contributed by atoms with E-state index in [4.69, 9.17) is 4.74 Å². The van der Waals surface area contributed by atoms with Crippen molar-refractivity contribution in [3.8, 4) is 11.7 Å². The van der Waals surface area contributed by atoms with Crippen molar-refractivity contribution < 1.29 is 4.74 Å². The molecule has 0 radical (unpaired) electrons. The van der Waals surface area contributed by atoms with Crippen LogP contribution in [0.3, 0.4) is 0 Å². The third-order valence-corrected chi connectivity index (χ3v) is 3.12. The molecular weight excluding hydrogens is 228 g/mol. The Hall–Kier alpha value is -2.43. The van der Waals surface area contributed by atoms with Crippen molar-refractivity contribution in [2.24, 2.45) is 0 Å². The SMILES string of the molecule is c1cnc2c(-n3cccn3)nc3c(c2c1)CCO3. The van der Waals surface area contributed by atoms with Gasteiger partial charge in [0, 0.05) is 36.0 Å². The summed E-state index contributed by atoms with van der Waals surface area (Å²) in [5.74, 6) is 1.43. The van der Waals surface area contributed by atoms with E-state index in [1.54, 1.807) is 17.1 Å². The summed E-state index contributed by atoms with van der Waals surface area (Å²) in [6.45, 7) is 0.689. The van der Waals surface area contributed by atoms with Crippen molar-refractivity contribution in [3.63, 3.8) is 0 Å². The van der Waals surface area contributed by atoms with Gasteiger partial charge in [-0.1, -0.05) is 6.07 Å². The molecule has 1 aliphatic heterocycles. The van der Waals surface area contributed by atoms with Gasteiger partial charge in [0.15, 0.2) is 5.82 Å². The molecule has 0 N–H and O–H groups in total. The number of pyridine rings is 2. The average molecular weight is 238 g/mol. The molecule has 3 aromatic heterocycles. The van der Waals surface area contributed by atoms with Gasteiger partial charge in [-0.05, 0) is 12.1 Å². The van der Waals surface area contributed by atoms with Crippen molar-refractivity contribution >= 4 is 10.9 Å². The largest absolute Gasteiger partial charge is 0.477 e. The number of hydrogen-bond acceptors (Lipinski definition) is 4. The molecule has 0 amide bonds. The van der Waals surface area contributed by atoms with Crippen LogP contribution in [0.2, 0.25) is 0 Å². The second-order valence-corrected chi connectivity index (χ2v) is 4.17.